The minimum atomic E-state index is -4.62. The molecule has 1 aliphatic rings. The average Bonchev–Trinajstić information content (AvgIpc) is 3.42. The zero-order valence-electron chi connectivity index (χ0n) is 15.9. The van der Waals surface area contributed by atoms with Crippen LogP contribution in [0.2, 0.25) is 0 Å². The molecule has 1 N–H and O–H groups in total. The standard InChI is InChI=1S/C20H16F3N3O3S2/c21-20(22,23)17-9-14(12-3-4-15-16(8-12)29-11-28-15)25-19(26-17)31-7-5-18(27)24-10-13-2-1-6-30-13/h1-4,6,8-9H,5,7,10-11H2,(H,24,27). The van der Waals surface area contributed by atoms with Crippen molar-refractivity contribution in [1.82, 2.24) is 15.3 Å². The van der Waals surface area contributed by atoms with E-state index in [2.05, 4.69) is 15.3 Å². The highest BCUT2D eigenvalue weighted by Crippen LogP contribution is 2.37. The van der Waals surface area contributed by atoms with Crippen LogP contribution in [0, 0.1) is 0 Å². The van der Waals surface area contributed by atoms with Gasteiger partial charge in [0, 0.05) is 22.6 Å². The smallest absolute Gasteiger partial charge is 0.433 e. The summed E-state index contributed by atoms with van der Waals surface area (Å²) < 4.78 is 50.6. The van der Waals surface area contributed by atoms with Crippen LogP contribution in [0.3, 0.4) is 0 Å². The summed E-state index contributed by atoms with van der Waals surface area (Å²) in [5.41, 5.74) is -0.474. The van der Waals surface area contributed by atoms with Gasteiger partial charge in [-0.05, 0) is 35.7 Å². The van der Waals surface area contributed by atoms with Crippen molar-refractivity contribution in [3.8, 4) is 22.8 Å². The van der Waals surface area contributed by atoms with Crippen LogP contribution < -0.4 is 14.8 Å². The van der Waals surface area contributed by atoms with E-state index < -0.39 is 11.9 Å². The number of aromatic nitrogens is 2. The number of thioether (sulfide) groups is 1. The highest BCUT2D eigenvalue weighted by molar-refractivity contribution is 7.99. The summed E-state index contributed by atoms with van der Waals surface area (Å²) in [7, 11) is 0. The molecule has 0 saturated carbocycles. The predicted octanol–water partition coefficient (Wildman–Crippen LogP) is 4.75. The number of hydrogen-bond acceptors (Lipinski definition) is 7. The third-order valence-electron chi connectivity index (χ3n) is 4.26. The Labute approximate surface area is 183 Å². The van der Waals surface area contributed by atoms with Crippen LogP contribution in [0.15, 0.2) is 46.9 Å². The molecule has 0 radical (unpaired) electrons. The van der Waals surface area contributed by atoms with Gasteiger partial charge >= 0.3 is 6.18 Å². The SMILES string of the molecule is O=C(CCSc1nc(-c2ccc3c(c2)OCO3)cc(C(F)(F)F)n1)NCc1cccs1. The zero-order chi connectivity index (χ0) is 21.8. The minimum absolute atomic E-state index is 0.0476. The molecule has 0 fully saturated rings. The van der Waals surface area contributed by atoms with Gasteiger partial charge in [0.05, 0.1) is 12.2 Å². The first kappa shape index (κ1) is 21.4. The van der Waals surface area contributed by atoms with Crippen LogP contribution >= 0.6 is 23.1 Å². The van der Waals surface area contributed by atoms with Crippen LogP contribution in [-0.4, -0.2) is 28.4 Å². The van der Waals surface area contributed by atoms with Gasteiger partial charge in [-0.2, -0.15) is 13.2 Å². The molecule has 1 amide bonds. The van der Waals surface area contributed by atoms with Crippen molar-refractivity contribution < 1.29 is 27.4 Å². The summed E-state index contributed by atoms with van der Waals surface area (Å²) in [4.78, 5) is 20.9. The van der Waals surface area contributed by atoms with Crippen molar-refractivity contribution in [2.24, 2.45) is 0 Å². The monoisotopic (exact) mass is 467 g/mol. The van der Waals surface area contributed by atoms with Crippen LogP contribution in [0.25, 0.3) is 11.3 Å². The molecular formula is C20H16F3N3O3S2. The fourth-order valence-corrected chi connectivity index (χ4v) is 4.20. The average molecular weight is 467 g/mol. The molecule has 162 valence electrons. The lowest BCUT2D eigenvalue weighted by atomic mass is 10.1. The molecule has 3 aromatic rings. The number of nitrogens with zero attached hydrogens (tertiary/aromatic N) is 2. The third kappa shape index (κ3) is 5.47. The Bertz CT molecular complexity index is 1080. The number of fused-ring (bicyclic) bond motifs is 1. The van der Waals surface area contributed by atoms with Gasteiger partial charge in [0.25, 0.3) is 0 Å². The van der Waals surface area contributed by atoms with Crippen molar-refractivity contribution in [2.75, 3.05) is 12.5 Å². The number of ether oxygens (including phenoxy) is 2. The number of alkyl halides is 3. The molecule has 0 unspecified atom stereocenters. The van der Waals surface area contributed by atoms with Crippen LogP contribution in [0.5, 0.6) is 11.5 Å². The van der Waals surface area contributed by atoms with Crippen molar-refractivity contribution in [1.29, 1.82) is 0 Å². The van der Waals surface area contributed by atoms with Gasteiger partial charge < -0.3 is 14.8 Å². The number of carbonyl (C=O) groups excluding carboxylic acids is 1. The summed E-state index contributed by atoms with van der Waals surface area (Å²) in [6, 6.07) is 9.52. The largest absolute Gasteiger partial charge is 0.454 e. The first-order valence-corrected chi connectivity index (χ1v) is 11.0. The summed E-state index contributed by atoms with van der Waals surface area (Å²) in [5.74, 6) is 1.03. The Hall–Kier alpha value is -2.79. The van der Waals surface area contributed by atoms with E-state index in [1.165, 1.54) is 11.3 Å². The highest BCUT2D eigenvalue weighted by atomic mass is 32.2. The fraction of sp³-hybridized carbons (Fsp3) is 0.250. The van der Waals surface area contributed by atoms with Gasteiger partial charge in [0.2, 0.25) is 12.7 Å². The molecule has 4 rings (SSSR count). The molecule has 1 aromatic carbocycles. The minimum Gasteiger partial charge on any atom is -0.454 e. The highest BCUT2D eigenvalue weighted by Gasteiger charge is 2.34. The molecule has 11 heteroatoms. The maximum Gasteiger partial charge on any atom is 0.433 e. The van der Waals surface area contributed by atoms with Crippen LogP contribution in [0.1, 0.15) is 17.0 Å². The van der Waals surface area contributed by atoms with Crippen molar-refractivity contribution >= 4 is 29.0 Å². The zero-order valence-corrected chi connectivity index (χ0v) is 17.6. The molecule has 0 aliphatic carbocycles. The molecule has 0 bridgehead atoms. The second-order valence-electron chi connectivity index (χ2n) is 6.44. The number of hydrogen-bond donors (Lipinski definition) is 1. The number of amides is 1. The summed E-state index contributed by atoms with van der Waals surface area (Å²) in [5, 5.41) is 4.65. The lowest BCUT2D eigenvalue weighted by Gasteiger charge is -2.11. The maximum atomic E-state index is 13.4. The molecule has 1 aliphatic heterocycles. The third-order valence-corrected chi connectivity index (χ3v) is 5.99. The van der Waals surface area contributed by atoms with E-state index in [9.17, 15) is 18.0 Å². The summed E-state index contributed by atoms with van der Waals surface area (Å²) in [6.07, 6.45) is -4.49. The summed E-state index contributed by atoms with van der Waals surface area (Å²) >= 11 is 2.53. The number of halogens is 3. The number of rotatable bonds is 7. The second kappa shape index (κ2) is 9.15. The van der Waals surface area contributed by atoms with E-state index in [-0.39, 0.29) is 35.7 Å². The summed E-state index contributed by atoms with van der Waals surface area (Å²) in [6.45, 7) is 0.488. The maximum absolute atomic E-state index is 13.4. The van der Waals surface area contributed by atoms with E-state index in [0.717, 1.165) is 22.7 Å². The predicted molar refractivity (Wildman–Crippen MR) is 110 cm³/mol. The molecule has 6 nitrogen and oxygen atoms in total. The molecule has 2 aromatic heterocycles. The van der Waals surface area contributed by atoms with E-state index in [0.29, 0.717) is 23.6 Å². The Kier molecular flexibility index (Phi) is 6.33. The van der Waals surface area contributed by atoms with Crippen LogP contribution in [0.4, 0.5) is 13.2 Å². The van der Waals surface area contributed by atoms with Crippen molar-refractivity contribution in [2.45, 2.75) is 24.3 Å². The van der Waals surface area contributed by atoms with Crippen molar-refractivity contribution in [3.05, 3.63) is 52.3 Å². The van der Waals surface area contributed by atoms with E-state index in [1.807, 2.05) is 17.5 Å². The second-order valence-corrected chi connectivity index (χ2v) is 8.54. The molecule has 0 atom stereocenters. The van der Waals surface area contributed by atoms with Gasteiger partial charge in [-0.25, -0.2) is 9.97 Å². The number of benzene rings is 1. The molecule has 31 heavy (non-hydrogen) atoms. The van der Waals surface area contributed by atoms with Gasteiger partial charge in [-0.15, -0.1) is 11.3 Å². The Morgan fingerprint density at radius 2 is 2.00 bits per heavy atom. The normalized spacial score (nSPS) is 12.7. The first-order valence-electron chi connectivity index (χ1n) is 9.17. The molecular weight excluding hydrogens is 451 g/mol. The van der Waals surface area contributed by atoms with Crippen molar-refractivity contribution in [3.63, 3.8) is 0 Å². The number of nitrogens with one attached hydrogen (secondary N) is 1. The Morgan fingerprint density at radius 3 is 2.77 bits per heavy atom. The van der Waals surface area contributed by atoms with E-state index >= 15 is 0 Å². The van der Waals surface area contributed by atoms with Gasteiger partial charge in [-0.1, -0.05) is 17.8 Å². The van der Waals surface area contributed by atoms with Gasteiger partial charge in [-0.3, -0.25) is 4.79 Å². The van der Waals surface area contributed by atoms with Crippen LogP contribution in [-0.2, 0) is 17.5 Å². The lowest BCUT2D eigenvalue weighted by Crippen LogP contribution is -2.22. The first-order chi connectivity index (χ1) is 14.9. The van der Waals surface area contributed by atoms with Gasteiger partial charge in [0.1, 0.15) is 5.69 Å². The quantitative estimate of drug-likeness (QED) is 0.399. The fourth-order valence-electron chi connectivity index (χ4n) is 2.76. The number of carbonyl (C=O) groups is 1. The topological polar surface area (TPSA) is 73.3 Å². The van der Waals surface area contributed by atoms with E-state index in [4.69, 9.17) is 9.47 Å². The lowest BCUT2D eigenvalue weighted by molar-refractivity contribution is -0.141. The Morgan fingerprint density at radius 1 is 1.16 bits per heavy atom. The molecule has 3 heterocycles. The Balaban J connectivity index is 1.45. The van der Waals surface area contributed by atoms with Gasteiger partial charge in [0.15, 0.2) is 16.7 Å². The van der Waals surface area contributed by atoms with E-state index in [1.54, 1.807) is 18.2 Å². The number of thiophene rings is 1. The molecule has 0 spiro atoms. The molecule has 0 saturated heterocycles.